The normalized spacial score (nSPS) is 22.8. The molecule has 13 atom stereocenters. The van der Waals surface area contributed by atoms with Crippen molar-refractivity contribution in [2.45, 2.75) is 383 Å². The van der Waals surface area contributed by atoms with Crippen molar-refractivity contribution in [3.05, 3.63) is 13.8 Å². The minimum absolute atomic E-state index is 0. The molecule has 0 aromatic heterocycles. The molecule has 0 heterocycles. The van der Waals surface area contributed by atoms with Crippen molar-refractivity contribution in [3.63, 3.8) is 0 Å². The molecule has 5 aliphatic carbocycles. The SMILES string of the molecule is CCC.CCC(=O)CC(C)CC.CCC(C)CC.CCC(C)CC(O)CC.CCC(O)CC.CCC1CCCC(CC)C1=O.CCC1CCCC(CC)C1=O.CCC=O.CCC=O.CCO.[CH2-]C1CCCC(C)C1=O.[CH2-]C1CCCC(CC2CCCC(CC)C2=O)C1=O.[W].[W].[W].[W]. The molecule has 5 saturated carbocycles. The first-order valence-electron chi connectivity index (χ1n) is 38.8. The third kappa shape index (κ3) is 70.1. The van der Waals surface area contributed by atoms with Gasteiger partial charge in [-0.2, -0.15) is 0 Å². The molecule has 5 fully saturated rings. The second kappa shape index (κ2) is 86.6. The number of aliphatic hydroxyl groups is 3. The van der Waals surface area contributed by atoms with Crippen molar-refractivity contribution in [2.75, 3.05) is 6.61 Å². The van der Waals surface area contributed by atoms with Gasteiger partial charge in [-0.3, -0.25) is 19.2 Å². The van der Waals surface area contributed by atoms with E-state index in [2.05, 4.69) is 111 Å². The maximum Gasteiger partial charge on any atom is 0.139 e. The van der Waals surface area contributed by atoms with Crippen molar-refractivity contribution < 1.29 is 138 Å². The van der Waals surface area contributed by atoms with Crippen LogP contribution >= 0.6 is 0 Å². The Labute approximate surface area is 660 Å². The molecule has 15 heteroatoms. The molecule has 0 aliphatic heterocycles. The summed E-state index contributed by atoms with van der Waals surface area (Å²) in [5.41, 5.74) is 0. The van der Waals surface area contributed by atoms with Gasteiger partial charge in [0.15, 0.2) is 0 Å². The topological polar surface area (TPSA) is 197 Å². The van der Waals surface area contributed by atoms with E-state index in [1.54, 1.807) is 6.92 Å². The fraction of sp³-hybridized carbons (Fsp3) is 0.878. The summed E-state index contributed by atoms with van der Waals surface area (Å²) in [7, 11) is 0. The van der Waals surface area contributed by atoms with Crippen LogP contribution in [0.4, 0.5) is 0 Å². The van der Waals surface area contributed by atoms with Crippen LogP contribution in [0.25, 0.3) is 0 Å². The van der Waals surface area contributed by atoms with Crippen LogP contribution in [0.2, 0.25) is 0 Å². The summed E-state index contributed by atoms with van der Waals surface area (Å²) in [6.07, 6.45) is 36.8. The number of aliphatic hydroxyl groups excluding tert-OH is 3. The second-order valence-electron chi connectivity index (χ2n) is 27.1. The van der Waals surface area contributed by atoms with Crippen molar-refractivity contribution >= 4 is 47.3 Å². The zero-order valence-corrected chi connectivity index (χ0v) is 79.0. The van der Waals surface area contributed by atoms with E-state index in [0.717, 1.165) is 173 Å². The number of aldehydes is 2. The van der Waals surface area contributed by atoms with Crippen LogP contribution in [-0.4, -0.2) is 81.4 Å². The van der Waals surface area contributed by atoms with Gasteiger partial charge in [-0.1, -0.05) is 222 Å². The molecular weight excluding hydrogens is 1900 g/mol. The van der Waals surface area contributed by atoms with Crippen molar-refractivity contribution in [1.29, 1.82) is 0 Å². The second-order valence-corrected chi connectivity index (χ2v) is 27.1. The van der Waals surface area contributed by atoms with Gasteiger partial charge in [0.05, 0.1) is 12.2 Å². The van der Waals surface area contributed by atoms with Crippen LogP contribution in [0.15, 0.2) is 0 Å². The van der Waals surface area contributed by atoms with Crippen LogP contribution in [-0.2, 0) is 123 Å². The molecule has 0 amide bonds. The molecule has 97 heavy (non-hydrogen) atoms. The summed E-state index contributed by atoms with van der Waals surface area (Å²) in [4.78, 5) is 87.7. The Bertz CT molecular complexity index is 1630. The summed E-state index contributed by atoms with van der Waals surface area (Å²) in [6, 6.07) is 0. The Morgan fingerprint density at radius 3 is 0.897 bits per heavy atom. The van der Waals surface area contributed by atoms with Gasteiger partial charge >= 0.3 is 0 Å². The third-order valence-electron chi connectivity index (χ3n) is 18.9. The predicted octanol–water partition coefficient (Wildman–Crippen LogP) is 21.8. The summed E-state index contributed by atoms with van der Waals surface area (Å²) < 4.78 is 0. The molecule has 0 saturated heterocycles. The minimum atomic E-state index is -0.0695. The van der Waals surface area contributed by atoms with E-state index in [1.807, 2.05) is 48.5 Å². The van der Waals surface area contributed by atoms with E-state index in [-0.39, 0.29) is 139 Å². The number of hydrogen-bond acceptors (Lipinski definition) is 11. The summed E-state index contributed by atoms with van der Waals surface area (Å²) in [6.45, 7) is 53.3. The molecule has 0 bridgehead atoms. The van der Waals surface area contributed by atoms with Gasteiger partial charge in [-0.05, 0) is 140 Å². The maximum atomic E-state index is 12.3. The Balaban J connectivity index is -0.0000000953. The molecule has 0 spiro atoms. The Hall–Kier alpha value is -0.00675. The quantitative estimate of drug-likeness (QED) is 0.0730. The van der Waals surface area contributed by atoms with E-state index >= 15 is 0 Å². The zero-order valence-electron chi connectivity index (χ0n) is 67.2. The fourth-order valence-electron chi connectivity index (χ4n) is 11.2. The van der Waals surface area contributed by atoms with Crippen molar-refractivity contribution in [1.82, 2.24) is 0 Å². The molecule has 0 aromatic rings. The Kier molecular flexibility index (Phi) is 108. The number of carbonyl (C=O) groups excluding carboxylic acids is 8. The van der Waals surface area contributed by atoms with Crippen LogP contribution < -0.4 is 0 Å². The molecule has 0 aromatic carbocycles. The molecule has 13 unspecified atom stereocenters. The van der Waals surface area contributed by atoms with E-state index in [1.165, 1.54) is 44.9 Å². The predicted molar refractivity (Wildman–Crippen MR) is 399 cm³/mol. The van der Waals surface area contributed by atoms with Crippen molar-refractivity contribution in [2.24, 2.45) is 76.9 Å². The maximum absolute atomic E-state index is 12.3. The molecule has 0 radical (unpaired) electrons. The van der Waals surface area contributed by atoms with E-state index in [4.69, 9.17) is 15.3 Å². The summed E-state index contributed by atoms with van der Waals surface area (Å²) in [5.74, 6) is 7.25. The van der Waals surface area contributed by atoms with Gasteiger partial charge in [0.2, 0.25) is 0 Å². The molecule has 5 aliphatic rings. The van der Waals surface area contributed by atoms with Gasteiger partial charge in [0.25, 0.3) is 0 Å². The molecule has 5 rings (SSSR count). The van der Waals surface area contributed by atoms with Gasteiger partial charge in [-0.15, -0.1) is 11.8 Å². The average molecular weight is 2060 g/mol. The first kappa shape index (κ1) is 121. The minimum Gasteiger partial charge on any atom is -0.397 e. The summed E-state index contributed by atoms with van der Waals surface area (Å²) >= 11 is 0. The van der Waals surface area contributed by atoms with Crippen molar-refractivity contribution in [3.8, 4) is 0 Å². The average Bonchev–Trinajstić information content (AvgIpc) is 0.884. The number of rotatable bonds is 21. The molecule has 580 valence electrons. The van der Waals surface area contributed by atoms with E-state index in [0.29, 0.717) is 89.5 Å². The van der Waals surface area contributed by atoms with Crippen LogP contribution in [0.1, 0.15) is 371 Å². The largest absolute Gasteiger partial charge is 0.397 e. The van der Waals surface area contributed by atoms with Crippen LogP contribution in [0.3, 0.4) is 0 Å². The first-order chi connectivity index (χ1) is 44.1. The van der Waals surface area contributed by atoms with Gasteiger partial charge < -0.3 is 48.3 Å². The van der Waals surface area contributed by atoms with Crippen LogP contribution in [0.5, 0.6) is 0 Å². The number of Topliss-reactive ketones (excluding diaryl/α,β-unsaturated/α-hetero) is 6. The molecule has 11 nitrogen and oxygen atoms in total. The zero-order chi connectivity index (χ0) is 73.3. The van der Waals surface area contributed by atoms with E-state index in [9.17, 15) is 38.4 Å². The summed E-state index contributed by atoms with van der Waals surface area (Å²) in [5, 5.41) is 25.4. The third-order valence-corrected chi connectivity index (χ3v) is 18.9. The number of carbonyl (C=O) groups is 8. The monoisotopic (exact) mass is 2060 g/mol. The first-order valence-corrected chi connectivity index (χ1v) is 38.8. The molecular formula is C82H160O11W4-2. The van der Waals surface area contributed by atoms with Gasteiger partial charge in [0.1, 0.15) is 47.3 Å². The Morgan fingerprint density at radius 2 is 0.670 bits per heavy atom. The number of ketones is 6. The molecule has 3 N–H and O–H groups in total. The Morgan fingerprint density at radius 1 is 0.412 bits per heavy atom. The fourth-order valence-corrected chi connectivity index (χ4v) is 11.2. The van der Waals surface area contributed by atoms with Gasteiger partial charge in [0, 0.05) is 164 Å². The van der Waals surface area contributed by atoms with E-state index < -0.39 is 0 Å². The van der Waals surface area contributed by atoms with Gasteiger partial charge in [-0.25, -0.2) is 0 Å². The number of hydrogen-bond donors (Lipinski definition) is 3. The smallest absolute Gasteiger partial charge is 0.139 e. The standard InChI is InChI=1S/C16H25O2.2C10H18O.C8H13O.C8H18O.C8H16O.C6H14.C5H12O.2C3H6O.C3H8.C2H6O.4W/c1-3-12-7-5-9-14(16(12)18)10-13-8-4-6-11(2)15(13)17;2*1-3-8-6-5-7-9(4-2)10(8)11;1-6-4-3-5-7(2)8(6)9;2*1-4-7(3)6-8(9)5-2;1-4-6(3)5-2;1-3-5(6)4-2;2*1-2-3-4;1-3-2;1-2-3;;;;/h11-14H,2-10H2,1H3;2*8-9H,3-7H2,1-2H3;6-7H,1,3-5H2,2H3;7-9H,4-6H2,1-3H3;7H,4-6H2,1-3H3;6H,4-5H2,1-3H3;5-6H,3-4H2,1-2H3;2*3H,2H2,1H3;3H2,1-2H3;3H,2H2,1H3;;;;/q-1;;;-1;;;;;;;;;;;;. The van der Waals surface area contributed by atoms with Crippen LogP contribution in [0, 0.1) is 90.8 Å².